The summed E-state index contributed by atoms with van der Waals surface area (Å²) in [4.78, 5) is 1.18. The molecule has 0 amide bonds. The van der Waals surface area contributed by atoms with Crippen LogP contribution in [0.5, 0.6) is 5.75 Å². The summed E-state index contributed by atoms with van der Waals surface area (Å²) >= 11 is 5.24. The second-order valence-corrected chi connectivity index (χ2v) is 6.09. The summed E-state index contributed by atoms with van der Waals surface area (Å²) < 4.78 is 6.50. The fraction of sp³-hybridized carbons (Fsp3) is 0.286. The topological polar surface area (TPSA) is 35.2 Å². The maximum atomic E-state index is 6.37. The Balaban J connectivity index is 2.50. The molecule has 0 spiro atoms. The number of halogens is 1. The molecule has 18 heavy (non-hydrogen) atoms. The molecule has 1 aromatic heterocycles. The van der Waals surface area contributed by atoms with E-state index in [1.807, 2.05) is 13.0 Å². The van der Waals surface area contributed by atoms with Gasteiger partial charge in [-0.25, -0.2) is 0 Å². The lowest BCUT2D eigenvalue weighted by atomic mass is 10.0. The summed E-state index contributed by atoms with van der Waals surface area (Å²) in [6.07, 6.45) is 0. The summed E-state index contributed by atoms with van der Waals surface area (Å²) in [6.45, 7) is 4.12. The van der Waals surface area contributed by atoms with Crippen LogP contribution >= 0.6 is 27.3 Å². The number of rotatable bonds is 3. The molecule has 0 aliphatic heterocycles. The summed E-state index contributed by atoms with van der Waals surface area (Å²) in [6, 6.07) is 6.02. The van der Waals surface area contributed by atoms with E-state index >= 15 is 0 Å². The van der Waals surface area contributed by atoms with E-state index < -0.39 is 0 Å². The lowest BCUT2D eigenvalue weighted by Crippen LogP contribution is -2.13. The standard InChI is InChI=1S/C14H16BrNOS/c1-8-4-5-18-14(8)13(16)10-7-11(15)9(2)6-12(10)17-3/h4-7,13H,16H2,1-3H3. The summed E-state index contributed by atoms with van der Waals surface area (Å²) in [5, 5.41) is 2.07. The first-order chi connectivity index (χ1) is 8.54. The average molecular weight is 326 g/mol. The molecule has 0 aliphatic carbocycles. The van der Waals surface area contributed by atoms with Crippen molar-refractivity contribution in [2.75, 3.05) is 7.11 Å². The highest BCUT2D eigenvalue weighted by atomic mass is 79.9. The van der Waals surface area contributed by atoms with E-state index in [0.717, 1.165) is 21.3 Å². The Morgan fingerprint density at radius 2 is 2.00 bits per heavy atom. The molecule has 2 rings (SSSR count). The molecule has 0 aliphatic rings. The molecule has 0 bridgehead atoms. The van der Waals surface area contributed by atoms with Crippen molar-refractivity contribution in [2.45, 2.75) is 19.9 Å². The van der Waals surface area contributed by atoms with Crippen LogP contribution in [-0.4, -0.2) is 7.11 Å². The Bertz CT molecular complexity index is 565. The van der Waals surface area contributed by atoms with Crippen LogP contribution in [0, 0.1) is 13.8 Å². The minimum atomic E-state index is -0.142. The quantitative estimate of drug-likeness (QED) is 0.918. The van der Waals surface area contributed by atoms with Crippen LogP contribution in [0.3, 0.4) is 0 Å². The van der Waals surface area contributed by atoms with E-state index in [1.165, 1.54) is 10.4 Å². The van der Waals surface area contributed by atoms with Crippen molar-refractivity contribution >= 4 is 27.3 Å². The Morgan fingerprint density at radius 1 is 1.28 bits per heavy atom. The van der Waals surface area contributed by atoms with Gasteiger partial charge in [0.25, 0.3) is 0 Å². The highest BCUT2D eigenvalue weighted by Gasteiger charge is 2.18. The van der Waals surface area contributed by atoms with Crippen LogP contribution in [0.15, 0.2) is 28.1 Å². The van der Waals surface area contributed by atoms with Crippen LogP contribution in [-0.2, 0) is 0 Å². The van der Waals surface area contributed by atoms with Gasteiger partial charge in [-0.2, -0.15) is 0 Å². The highest BCUT2D eigenvalue weighted by Crippen LogP contribution is 2.35. The van der Waals surface area contributed by atoms with Gasteiger partial charge in [0, 0.05) is 14.9 Å². The van der Waals surface area contributed by atoms with Gasteiger partial charge >= 0.3 is 0 Å². The van der Waals surface area contributed by atoms with E-state index in [0.29, 0.717) is 0 Å². The third-order valence-corrected chi connectivity index (χ3v) is 4.99. The molecular formula is C14H16BrNOS. The zero-order chi connectivity index (χ0) is 13.3. The molecule has 2 N–H and O–H groups in total. The normalized spacial score (nSPS) is 12.5. The van der Waals surface area contributed by atoms with Crippen molar-refractivity contribution in [3.05, 3.63) is 49.6 Å². The summed E-state index contributed by atoms with van der Waals surface area (Å²) in [5.41, 5.74) is 9.75. The predicted molar refractivity (Wildman–Crippen MR) is 80.5 cm³/mol. The van der Waals surface area contributed by atoms with Gasteiger partial charge in [-0.15, -0.1) is 11.3 Å². The summed E-state index contributed by atoms with van der Waals surface area (Å²) in [7, 11) is 1.68. The van der Waals surface area contributed by atoms with E-state index in [9.17, 15) is 0 Å². The molecule has 1 atom stereocenters. The molecule has 0 saturated heterocycles. The van der Waals surface area contributed by atoms with Gasteiger partial charge in [-0.05, 0) is 48.6 Å². The Kier molecular flexibility index (Phi) is 4.10. The van der Waals surface area contributed by atoms with Crippen LogP contribution in [0.4, 0.5) is 0 Å². The first kappa shape index (κ1) is 13.6. The molecule has 1 aromatic carbocycles. The second-order valence-electron chi connectivity index (χ2n) is 4.29. The monoisotopic (exact) mass is 325 g/mol. The minimum Gasteiger partial charge on any atom is -0.496 e. The minimum absolute atomic E-state index is 0.142. The van der Waals surface area contributed by atoms with Crippen molar-refractivity contribution in [3.63, 3.8) is 0 Å². The zero-order valence-electron chi connectivity index (χ0n) is 10.7. The van der Waals surface area contributed by atoms with Gasteiger partial charge in [-0.1, -0.05) is 15.9 Å². The van der Waals surface area contributed by atoms with Crippen LogP contribution in [0.25, 0.3) is 0 Å². The molecule has 1 unspecified atom stereocenters. The first-order valence-electron chi connectivity index (χ1n) is 5.68. The van der Waals surface area contributed by atoms with Crippen LogP contribution < -0.4 is 10.5 Å². The highest BCUT2D eigenvalue weighted by molar-refractivity contribution is 9.10. The Morgan fingerprint density at radius 3 is 2.56 bits per heavy atom. The van der Waals surface area contributed by atoms with E-state index in [2.05, 4.69) is 40.4 Å². The van der Waals surface area contributed by atoms with E-state index in [1.54, 1.807) is 18.4 Å². The third kappa shape index (κ3) is 2.46. The van der Waals surface area contributed by atoms with Gasteiger partial charge in [0.2, 0.25) is 0 Å². The van der Waals surface area contributed by atoms with Crippen molar-refractivity contribution in [3.8, 4) is 5.75 Å². The molecule has 2 aromatic rings. The average Bonchev–Trinajstić information content (AvgIpc) is 2.77. The Hall–Kier alpha value is -0.840. The lowest BCUT2D eigenvalue weighted by Gasteiger charge is -2.17. The smallest absolute Gasteiger partial charge is 0.124 e. The van der Waals surface area contributed by atoms with Gasteiger partial charge in [-0.3, -0.25) is 0 Å². The number of aryl methyl sites for hydroxylation is 2. The van der Waals surface area contributed by atoms with Crippen molar-refractivity contribution < 1.29 is 4.74 Å². The fourth-order valence-electron chi connectivity index (χ4n) is 1.93. The first-order valence-corrected chi connectivity index (χ1v) is 7.35. The number of thiophene rings is 1. The van der Waals surface area contributed by atoms with Crippen molar-refractivity contribution in [1.29, 1.82) is 0 Å². The lowest BCUT2D eigenvalue weighted by molar-refractivity contribution is 0.407. The number of methoxy groups -OCH3 is 1. The van der Waals surface area contributed by atoms with E-state index in [-0.39, 0.29) is 6.04 Å². The number of hydrogen-bond acceptors (Lipinski definition) is 3. The number of nitrogens with two attached hydrogens (primary N) is 1. The van der Waals surface area contributed by atoms with Gasteiger partial charge < -0.3 is 10.5 Å². The summed E-state index contributed by atoms with van der Waals surface area (Å²) in [5.74, 6) is 0.844. The molecule has 4 heteroatoms. The molecule has 0 radical (unpaired) electrons. The maximum absolute atomic E-state index is 6.37. The third-order valence-electron chi connectivity index (χ3n) is 3.03. The maximum Gasteiger partial charge on any atom is 0.124 e. The molecule has 0 saturated carbocycles. The zero-order valence-corrected chi connectivity index (χ0v) is 13.1. The number of hydrogen-bond donors (Lipinski definition) is 1. The van der Waals surface area contributed by atoms with Crippen LogP contribution in [0.1, 0.15) is 27.6 Å². The van der Waals surface area contributed by atoms with Crippen LogP contribution in [0.2, 0.25) is 0 Å². The van der Waals surface area contributed by atoms with E-state index in [4.69, 9.17) is 10.5 Å². The van der Waals surface area contributed by atoms with Gasteiger partial charge in [0.15, 0.2) is 0 Å². The van der Waals surface area contributed by atoms with Crippen molar-refractivity contribution in [2.24, 2.45) is 5.73 Å². The fourth-order valence-corrected chi connectivity index (χ4v) is 3.24. The predicted octanol–water partition coefficient (Wildman–Crippen LogP) is 4.18. The number of benzene rings is 1. The Labute approximate surface area is 120 Å². The molecule has 1 heterocycles. The van der Waals surface area contributed by atoms with Gasteiger partial charge in [0.1, 0.15) is 5.75 Å². The van der Waals surface area contributed by atoms with Crippen molar-refractivity contribution in [1.82, 2.24) is 0 Å². The largest absolute Gasteiger partial charge is 0.496 e. The molecule has 0 fully saturated rings. The SMILES string of the molecule is COc1cc(C)c(Br)cc1C(N)c1sccc1C. The molecule has 2 nitrogen and oxygen atoms in total. The molecule has 96 valence electrons. The number of ether oxygens (including phenoxy) is 1. The second kappa shape index (κ2) is 5.43. The van der Waals surface area contributed by atoms with Gasteiger partial charge in [0.05, 0.1) is 13.2 Å². The molecular weight excluding hydrogens is 310 g/mol.